The zero-order chi connectivity index (χ0) is 23.2. The number of rotatable bonds is 10. The highest BCUT2D eigenvalue weighted by molar-refractivity contribution is 7.92. The van der Waals surface area contributed by atoms with Crippen molar-refractivity contribution in [2.75, 3.05) is 37.9 Å². The van der Waals surface area contributed by atoms with Crippen molar-refractivity contribution in [1.82, 2.24) is 5.32 Å². The summed E-state index contributed by atoms with van der Waals surface area (Å²) in [6.45, 7) is 3.76. The smallest absolute Gasteiger partial charge is 0.243 e. The van der Waals surface area contributed by atoms with E-state index in [1.165, 1.54) is 27.2 Å². The van der Waals surface area contributed by atoms with Crippen LogP contribution in [-0.2, 0) is 14.8 Å². The van der Waals surface area contributed by atoms with Crippen molar-refractivity contribution in [3.8, 4) is 17.2 Å². The van der Waals surface area contributed by atoms with Gasteiger partial charge in [-0.1, -0.05) is 17.7 Å². The Morgan fingerprint density at radius 2 is 1.81 bits per heavy atom. The number of halogens is 1. The van der Waals surface area contributed by atoms with Gasteiger partial charge in [0, 0.05) is 11.1 Å². The predicted molar refractivity (Wildman–Crippen MR) is 121 cm³/mol. The molecule has 170 valence electrons. The largest absolute Gasteiger partial charge is 0.497 e. The summed E-state index contributed by atoms with van der Waals surface area (Å²) in [7, 11) is -0.923. The van der Waals surface area contributed by atoms with E-state index in [1.54, 1.807) is 24.3 Å². The van der Waals surface area contributed by atoms with Crippen molar-refractivity contribution < 1.29 is 27.4 Å². The molecule has 0 bridgehead atoms. The van der Waals surface area contributed by atoms with Crippen molar-refractivity contribution in [1.29, 1.82) is 0 Å². The van der Waals surface area contributed by atoms with Crippen molar-refractivity contribution in [3.63, 3.8) is 0 Å². The molecular weight excluding hydrogens is 444 g/mol. The lowest BCUT2D eigenvalue weighted by molar-refractivity contribution is -0.121. The van der Waals surface area contributed by atoms with Gasteiger partial charge >= 0.3 is 0 Å². The number of benzene rings is 2. The normalized spacial score (nSPS) is 12.1. The Labute approximate surface area is 188 Å². The minimum Gasteiger partial charge on any atom is -0.497 e. The number of nitrogens with zero attached hydrogens (tertiary/aromatic N) is 1. The Kier molecular flexibility index (Phi) is 8.41. The summed E-state index contributed by atoms with van der Waals surface area (Å²) in [6.07, 6.45) is 1.03. The maximum atomic E-state index is 12.7. The molecule has 1 N–H and O–H groups in total. The Balaban J connectivity index is 2.10. The first-order valence-electron chi connectivity index (χ1n) is 9.46. The van der Waals surface area contributed by atoms with Crippen molar-refractivity contribution >= 4 is 33.2 Å². The SMILES string of the molecule is COc1ccc(OC)c(N([C@@H](C)C(=O)NCCOc2ccc(C)c(Cl)c2)S(C)(=O)=O)c1. The Morgan fingerprint density at radius 1 is 1.13 bits per heavy atom. The van der Waals surface area contributed by atoms with Crippen LogP contribution >= 0.6 is 11.6 Å². The summed E-state index contributed by atoms with van der Waals surface area (Å²) in [6, 6.07) is 9.01. The van der Waals surface area contributed by atoms with Gasteiger partial charge in [0.15, 0.2) is 0 Å². The van der Waals surface area contributed by atoms with E-state index in [0.717, 1.165) is 16.1 Å². The maximum absolute atomic E-state index is 12.7. The third kappa shape index (κ3) is 6.41. The molecule has 0 aliphatic heterocycles. The molecule has 0 aromatic heterocycles. The molecule has 2 aromatic carbocycles. The molecule has 8 nitrogen and oxygen atoms in total. The molecule has 0 radical (unpaired) electrons. The summed E-state index contributed by atoms with van der Waals surface area (Å²) in [5, 5.41) is 3.28. The van der Waals surface area contributed by atoms with Gasteiger partial charge in [-0.15, -0.1) is 0 Å². The minimum atomic E-state index is -3.81. The molecule has 2 rings (SSSR count). The van der Waals surface area contributed by atoms with E-state index in [-0.39, 0.29) is 18.8 Å². The highest BCUT2D eigenvalue weighted by Crippen LogP contribution is 2.35. The minimum absolute atomic E-state index is 0.182. The van der Waals surface area contributed by atoms with Gasteiger partial charge < -0.3 is 19.5 Å². The molecule has 0 aliphatic rings. The number of aryl methyl sites for hydroxylation is 1. The Morgan fingerprint density at radius 3 is 2.39 bits per heavy atom. The monoisotopic (exact) mass is 470 g/mol. The lowest BCUT2D eigenvalue weighted by atomic mass is 10.2. The first kappa shape index (κ1) is 24.6. The Bertz CT molecular complexity index is 1030. The summed E-state index contributed by atoms with van der Waals surface area (Å²) >= 11 is 6.07. The number of methoxy groups -OCH3 is 2. The van der Waals surface area contributed by atoms with E-state index >= 15 is 0 Å². The molecule has 0 heterocycles. The first-order chi connectivity index (χ1) is 14.6. The molecule has 1 amide bonds. The van der Waals surface area contributed by atoms with Gasteiger partial charge in [-0.25, -0.2) is 8.42 Å². The molecule has 0 saturated carbocycles. The molecule has 10 heteroatoms. The lowest BCUT2D eigenvalue weighted by Crippen LogP contribution is -2.48. The van der Waals surface area contributed by atoms with Gasteiger partial charge in [0.05, 0.1) is 32.7 Å². The van der Waals surface area contributed by atoms with Crippen molar-refractivity contribution in [2.24, 2.45) is 0 Å². The number of anilines is 1. The Hall–Kier alpha value is -2.65. The van der Waals surface area contributed by atoms with Crippen LogP contribution in [0.2, 0.25) is 5.02 Å². The zero-order valence-electron chi connectivity index (χ0n) is 18.1. The quantitative estimate of drug-likeness (QED) is 0.536. The molecule has 2 aromatic rings. The van der Waals surface area contributed by atoms with Gasteiger partial charge in [-0.3, -0.25) is 9.10 Å². The first-order valence-corrected chi connectivity index (χ1v) is 11.7. The van der Waals surface area contributed by atoms with Crippen LogP contribution < -0.4 is 23.8 Å². The highest BCUT2D eigenvalue weighted by atomic mass is 35.5. The molecule has 0 spiro atoms. The van der Waals surface area contributed by atoms with Crippen molar-refractivity contribution in [3.05, 3.63) is 47.0 Å². The van der Waals surface area contributed by atoms with E-state index in [9.17, 15) is 13.2 Å². The maximum Gasteiger partial charge on any atom is 0.243 e. The second-order valence-corrected chi connectivity index (χ2v) is 9.09. The molecule has 31 heavy (non-hydrogen) atoms. The third-order valence-electron chi connectivity index (χ3n) is 4.53. The van der Waals surface area contributed by atoms with Crippen LogP contribution in [0.1, 0.15) is 12.5 Å². The van der Waals surface area contributed by atoms with Gasteiger partial charge in [-0.2, -0.15) is 0 Å². The molecule has 0 saturated heterocycles. The van der Waals surface area contributed by atoms with Crippen LogP contribution in [0, 0.1) is 6.92 Å². The van der Waals surface area contributed by atoms with Crippen molar-refractivity contribution in [2.45, 2.75) is 19.9 Å². The standard InChI is InChI=1S/C21H27ClN2O6S/c1-14-6-7-17(12-18(14)22)30-11-10-23-21(25)15(2)24(31(5,26)27)19-13-16(28-3)8-9-20(19)29-4/h6-9,12-13,15H,10-11H2,1-5H3,(H,23,25)/t15-/m0/s1. The van der Waals surface area contributed by atoms with E-state index < -0.39 is 22.0 Å². The fraction of sp³-hybridized carbons (Fsp3) is 0.381. The van der Waals surface area contributed by atoms with E-state index in [0.29, 0.717) is 22.3 Å². The average molecular weight is 471 g/mol. The van der Waals surface area contributed by atoms with E-state index in [1.807, 2.05) is 13.0 Å². The number of carbonyl (C=O) groups excluding carboxylic acids is 1. The number of carbonyl (C=O) groups is 1. The van der Waals surface area contributed by atoms with E-state index in [2.05, 4.69) is 5.32 Å². The summed E-state index contributed by atoms with van der Waals surface area (Å²) < 4.78 is 42.1. The molecule has 0 unspecified atom stereocenters. The van der Waals surface area contributed by atoms with Crippen LogP contribution in [0.25, 0.3) is 0 Å². The lowest BCUT2D eigenvalue weighted by Gasteiger charge is -2.29. The van der Waals surface area contributed by atoms with Gasteiger partial charge in [0.1, 0.15) is 29.9 Å². The fourth-order valence-corrected chi connectivity index (χ4v) is 4.24. The second-order valence-electron chi connectivity index (χ2n) is 6.82. The van der Waals surface area contributed by atoms with Crippen LogP contribution in [0.5, 0.6) is 17.2 Å². The number of hydrogen-bond acceptors (Lipinski definition) is 6. The van der Waals surface area contributed by atoms with Gasteiger partial charge in [0.25, 0.3) is 0 Å². The van der Waals surface area contributed by atoms with E-state index in [4.69, 9.17) is 25.8 Å². The molecule has 0 aliphatic carbocycles. The van der Waals surface area contributed by atoms with Crippen LogP contribution in [-0.4, -0.2) is 54.0 Å². The molecular formula is C21H27ClN2O6S. The van der Waals surface area contributed by atoms with Crippen LogP contribution in [0.4, 0.5) is 5.69 Å². The third-order valence-corrected chi connectivity index (χ3v) is 6.16. The summed E-state index contributed by atoms with van der Waals surface area (Å²) in [5.74, 6) is 0.824. The number of amides is 1. The topological polar surface area (TPSA) is 94.2 Å². The molecule has 0 fully saturated rings. The molecule has 1 atom stereocenters. The van der Waals surface area contributed by atoms with Crippen LogP contribution in [0.15, 0.2) is 36.4 Å². The predicted octanol–water partition coefficient (Wildman–Crippen LogP) is 3.02. The number of sulfonamides is 1. The van der Waals surface area contributed by atoms with Gasteiger partial charge in [-0.05, 0) is 43.7 Å². The fourth-order valence-electron chi connectivity index (χ4n) is 2.90. The number of ether oxygens (including phenoxy) is 3. The summed E-state index contributed by atoms with van der Waals surface area (Å²) in [4.78, 5) is 12.7. The zero-order valence-corrected chi connectivity index (χ0v) is 19.7. The number of nitrogens with one attached hydrogen (secondary N) is 1. The average Bonchev–Trinajstić information content (AvgIpc) is 2.72. The summed E-state index contributed by atoms with van der Waals surface area (Å²) in [5.41, 5.74) is 1.14. The van der Waals surface area contributed by atoms with Crippen LogP contribution in [0.3, 0.4) is 0 Å². The highest BCUT2D eigenvalue weighted by Gasteiger charge is 2.31. The van der Waals surface area contributed by atoms with Gasteiger partial charge in [0.2, 0.25) is 15.9 Å². The number of hydrogen-bond donors (Lipinski definition) is 1. The second kappa shape index (κ2) is 10.6.